The molecule has 0 unspecified atom stereocenters. The lowest BCUT2D eigenvalue weighted by atomic mass is 10.2. The molecule has 1 heterocycles. The van der Waals surface area contributed by atoms with Crippen LogP contribution in [0.25, 0.3) is 11.5 Å². The van der Waals surface area contributed by atoms with Gasteiger partial charge < -0.3 is 9.73 Å². The number of oxazole rings is 1. The number of nitrogens with zero attached hydrogens (tertiary/aromatic N) is 2. The minimum atomic E-state index is -0.327. The smallest absolute Gasteiger partial charge is 0.232 e. The van der Waals surface area contributed by atoms with Gasteiger partial charge in [-0.25, -0.2) is 4.39 Å². The first-order valence-electron chi connectivity index (χ1n) is 5.53. The average molecular weight is 245 g/mol. The second-order valence-corrected chi connectivity index (χ2v) is 4.11. The molecule has 1 aromatic carbocycles. The maximum absolute atomic E-state index is 12.8. The Morgan fingerprint density at radius 3 is 2.56 bits per heavy atom. The van der Waals surface area contributed by atoms with E-state index in [0.717, 1.165) is 0 Å². The zero-order valence-electron chi connectivity index (χ0n) is 10.1. The fraction of sp³-hybridized carbons (Fsp3) is 0.231. The molecule has 0 amide bonds. The zero-order valence-corrected chi connectivity index (χ0v) is 10.1. The summed E-state index contributed by atoms with van der Waals surface area (Å²) in [5.41, 5.74) is 0.827. The van der Waals surface area contributed by atoms with Crippen molar-refractivity contribution in [2.75, 3.05) is 5.32 Å². The van der Waals surface area contributed by atoms with Crippen molar-refractivity contribution in [3.05, 3.63) is 35.8 Å². The van der Waals surface area contributed by atoms with Gasteiger partial charge in [-0.2, -0.15) is 10.2 Å². The van der Waals surface area contributed by atoms with Gasteiger partial charge in [0.2, 0.25) is 17.5 Å². The van der Waals surface area contributed by atoms with E-state index in [1.54, 1.807) is 12.1 Å². The van der Waals surface area contributed by atoms with E-state index in [-0.39, 0.29) is 17.6 Å². The van der Waals surface area contributed by atoms with Crippen LogP contribution in [0.4, 0.5) is 10.3 Å². The van der Waals surface area contributed by atoms with Crippen molar-refractivity contribution in [3.63, 3.8) is 0 Å². The summed E-state index contributed by atoms with van der Waals surface area (Å²) < 4.78 is 18.3. The lowest BCUT2D eigenvalue weighted by Gasteiger charge is -2.04. The van der Waals surface area contributed by atoms with Crippen LogP contribution < -0.4 is 5.32 Å². The molecule has 0 aliphatic heterocycles. The summed E-state index contributed by atoms with van der Waals surface area (Å²) in [4.78, 5) is 4.07. The standard InChI is InChI=1S/C13H12FN3O/c1-8(2)16-13-11(7-15)17-12(18-13)9-3-5-10(14)6-4-9/h3-6,8,16H,1-2H3. The molecule has 0 aliphatic rings. The summed E-state index contributed by atoms with van der Waals surface area (Å²) in [6.07, 6.45) is 0. The highest BCUT2D eigenvalue weighted by molar-refractivity contribution is 5.58. The summed E-state index contributed by atoms with van der Waals surface area (Å²) in [6, 6.07) is 7.85. The summed E-state index contributed by atoms with van der Waals surface area (Å²) in [7, 11) is 0. The van der Waals surface area contributed by atoms with Gasteiger partial charge in [0.1, 0.15) is 11.9 Å². The van der Waals surface area contributed by atoms with Crippen LogP contribution in [-0.4, -0.2) is 11.0 Å². The number of nitrogens with one attached hydrogen (secondary N) is 1. The molecule has 92 valence electrons. The molecule has 2 aromatic rings. The molecule has 0 atom stereocenters. The Morgan fingerprint density at radius 2 is 2.00 bits per heavy atom. The van der Waals surface area contributed by atoms with Crippen molar-refractivity contribution in [2.45, 2.75) is 19.9 Å². The quantitative estimate of drug-likeness (QED) is 0.902. The third-order valence-electron chi connectivity index (χ3n) is 2.24. The first kappa shape index (κ1) is 12.1. The Bertz CT molecular complexity index is 581. The monoisotopic (exact) mass is 245 g/mol. The molecule has 5 heteroatoms. The van der Waals surface area contributed by atoms with Crippen LogP contribution in [0.1, 0.15) is 19.5 Å². The number of benzene rings is 1. The minimum absolute atomic E-state index is 0.131. The van der Waals surface area contributed by atoms with Crippen LogP contribution in [0.3, 0.4) is 0 Å². The molecule has 2 rings (SSSR count). The van der Waals surface area contributed by atoms with E-state index in [1.807, 2.05) is 19.9 Å². The Labute approximate surface area is 104 Å². The Kier molecular flexibility index (Phi) is 3.28. The van der Waals surface area contributed by atoms with Gasteiger partial charge in [0.25, 0.3) is 0 Å². The number of nitriles is 1. The van der Waals surface area contributed by atoms with E-state index in [0.29, 0.717) is 17.3 Å². The average Bonchev–Trinajstić information content (AvgIpc) is 2.72. The van der Waals surface area contributed by atoms with E-state index in [2.05, 4.69) is 10.3 Å². The van der Waals surface area contributed by atoms with Gasteiger partial charge >= 0.3 is 0 Å². The number of anilines is 1. The van der Waals surface area contributed by atoms with E-state index < -0.39 is 0 Å². The fourth-order valence-corrected chi connectivity index (χ4v) is 1.47. The molecule has 0 saturated carbocycles. The number of rotatable bonds is 3. The zero-order chi connectivity index (χ0) is 13.1. The fourth-order valence-electron chi connectivity index (χ4n) is 1.47. The topological polar surface area (TPSA) is 61.9 Å². The highest BCUT2D eigenvalue weighted by Crippen LogP contribution is 2.25. The van der Waals surface area contributed by atoms with Crippen LogP contribution in [-0.2, 0) is 0 Å². The van der Waals surface area contributed by atoms with Crippen molar-refractivity contribution in [2.24, 2.45) is 0 Å². The van der Waals surface area contributed by atoms with E-state index >= 15 is 0 Å². The second-order valence-electron chi connectivity index (χ2n) is 4.11. The molecule has 0 radical (unpaired) electrons. The second kappa shape index (κ2) is 4.88. The van der Waals surface area contributed by atoms with Gasteiger partial charge in [0.15, 0.2) is 0 Å². The molecule has 1 aromatic heterocycles. The normalized spacial score (nSPS) is 10.4. The summed E-state index contributed by atoms with van der Waals surface area (Å²) in [5.74, 6) is 0.313. The van der Waals surface area contributed by atoms with E-state index in [4.69, 9.17) is 9.68 Å². The van der Waals surface area contributed by atoms with Crippen LogP contribution in [0.5, 0.6) is 0 Å². The van der Waals surface area contributed by atoms with Crippen molar-refractivity contribution < 1.29 is 8.81 Å². The highest BCUT2D eigenvalue weighted by Gasteiger charge is 2.14. The summed E-state index contributed by atoms with van der Waals surface area (Å²) >= 11 is 0. The Balaban J connectivity index is 2.38. The molecule has 1 N–H and O–H groups in total. The first-order valence-corrected chi connectivity index (χ1v) is 5.53. The number of aromatic nitrogens is 1. The lowest BCUT2D eigenvalue weighted by molar-refractivity contribution is 0.578. The molecule has 18 heavy (non-hydrogen) atoms. The van der Waals surface area contributed by atoms with Gasteiger partial charge in [0.05, 0.1) is 0 Å². The minimum Gasteiger partial charge on any atom is -0.419 e. The van der Waals surface area contributed by atoms with Gasteiger partial charge in [-0.05, 0) is 38.1 Å². The third kappa shape index (κ3) is 2.48. The molecular formula is C13H12FN3O. The van der Waals surface area contributed by atoms with Crippen LogP contribution >= 0.6 is 0 Å². The van der Waals surface area contributed by atoms with Crippen LogP contribution in [0, 0.1) is 17.1 Å². The van der Waals surface area contributed by atoms with Gasteiger partial charge in [-0.3, -0.25) is 0 Å². The molecule has 0 fully saturated rings. The summed E-state index contributed by atoms with van der Waals surface area (Å²) in [5, 5.41) is 12.0. The Hall–Kier alpha value is -2.35. The maximum atomic E-state index is 12.8. The molecule has 0 aliphatic carbocycles. The number of hydrogen-bond acceptors (Lipinski definition) is 4. The van der Waals surface area contributed by atoms with Crippen molar-refractivity contribution in [1.82, 2.24) is 4.98 Å². The first-order chi connectivity index (χ1) is 8.60. The molecule has 4 nitrogen and oxygen atoms in total. The lowest BCUT2D eigenvalue weighted by Crippen LogP contribution is -2.09. The number of halogens is 1. The van der Waals surface area contributed by atoms with Crippen molar-refractivity contribution in [1.29, 1.82) is 5.26 Å². The molecule has 0 saturated heterocycles. The van der Waals surface area contributed by atoms with Gasteiger partial charge in [-0.1, -0.05) is 0 Å². The largest absolute Gasteiger partial charge is 0.419 e. The maximum Gasteiger partial charge on any atom is 0.232 e. The van der Waals surface area contributed by atoms with Crippen molar-refractivity contribution in [3.8, 4) is 17.5 Å². The molecule has 0 spiro atoms. The summed E-state index contributed by atoms with van der Waals surface area (Å²) in [6.45, 7) is 3.86. The predicted molar refractivity (Wildman–Crippen MR) is 65.4 cm³/mol. The highest BCUT2D eigenvalue weighted by atomic mass is 19.1. The molecular weight excluding hydrogens is 233 g/mol. The Morgan fingerprint density at radius 1 is 1.33 bits per heavy atom. The predicted octanol–water partition coefficient (Wildman–Crippen LogP) is 3.17. The van der Waals surface area contributed by atoms with Crippen LogP contribution in [0.15, 0.2) is 28.7 Å². The molecule has 0 bridgehead atoms. The SMILES string of the molecule is CC(C)Nc1oc(-c2ccc(F)cc2)nc1C#N. The van der Waals surface area contributed by atoms with E-state index in [1.165, 1.54) is 12.1 Å². The van der Waals surface area contributed by atoms with Gasteiger partial charge in [-0.15, -0.1) is 0 Å². The van der Waals surface area contributed by atoms with Crippen LogP contribution in [0.2, 0.25) is 0 Å². The number of hydrogen-bond donors (Lipinski definition) is 1. The van der Waals surface area contributed by atoms with E-state index in [9.17, 15) is 4.39 Å². The third-order valence-corrected chi connectivity index (χ3v) is 2.24. The van der Waals surface area contributed by atoms with Gasteiger partial charge in [0, 0.05) is 11.6 Å². The van der Waals surface area contributed by atoms with Crippen molar-refractivity contribution >= 4 is 5.88 Å².